The summed E-state index contributed by atoms with van der Waals surface area (Å²) in [5.41, 5.74) is 1.39. The van der Waals surface area contributed by atoms with Crippen molar-refractivity contribution in [3.8, 4) is 16.5 Å². The third-order valence-electron chi connectivity index (χ3n) is 3.26. The highest BCUT2D eigenvalue weighted by Crippen LogP contribution is 2.24. The van der Waals surface area contributed by atoms with Crippen LogP contribution in [-0.4, -0.2) is 17.6 Å². The van der Waals surface area contributed by atoms with Crippen LogP contribution in [0.25, 0.3) is 16.8 Å². The van der Waals surface area contributed by atoms with Crippen LogP contribution in [0.3, 0.4) is 0 Å². The summed E-state index contributed by atoms with van der Waals surface area (Å²) >= 11 is 1.54. The van der Waals surface area contributed by atoms with Crippen LogP contribution >= 0.6 is 11.3 Å². The first-order valence-electron chi connectivity index (χ1n) is 7.81. The number of aromatic nitrogens is 1. The molecule has 6 heteroatoms. The van der Waals surface area contributed by atoms with E-state index in [4.69, 9.17) is 13.9 Å². The molecule has 128 valence electrons. The molecule has 0 unspecified atom stereocenters. The van der Waals surface area contributed by atoms with Crippen molar-refractivity contribution in [3.63, 3.8) is 0 Å². The van der Waals surface area contributed by atoms with E-state index in [1.54, 1.807) is 6.08 Å². The van der Waals surface area contributed by atoms with Gasteiger partial charge in [0.15, 0.2) is 0 Å². The predicted molar refractivity (Wildman–Crippen MR) is 96.3 cm³/mol. The van der Waals surface area contributed by atoms with Crippen LogP contribution in [0.1, 0.15) is 18.2 Å². The molecule has 3 aromatic rings. The molecule has 25 heavy (non-hydrogen) atoms. The van der Waals surface area contributed by atoms with Crippen molar-refractivity contribution in [2.24, 2.45) is 0 Å². The van der Waals surface area contributed by atoms with E-state index < -0.39 is 5.97 Å². The van der Waals surface area contributed by atoms with E-state index in [2.05, 4.69) is 4.98 Å². The third-order valence-corrected chi connectivity index (χ3v) is 4.12. The Hall–Kier alpha value is -2.86. The molecule has 3 rings (SSSR count). The van der Waals surface area contributed by atoms with Crippen LogP contribution in [0, 0.1) is 0 Å². The number of para-hydroxylation sites is 1. The Morgan fingerprint density at radius 3 is 2.96 bits per heavy atom. The molecule has 0 radical (unpaired) electrons. The quantitative estimate of drug-likeness (QED) is 0.459. The van der Waals surface area contributed by atoms with Gasteiger partial charge in [-0.1, -0.05) is 24.3 Å². The van der Waals surface area contributed by atoms with Gasteiger partial charge in [-0.05, 0) is 30.5 Å². The molecule has 0 atom stereocenters. The first kappa shape index (κ1) is 17.0. The van der Waals surface area contributed by atoms with Crippen LogP contribution in [0.2, 0.25) is 0 Å². The van der Waals surface area contributed by atoms with Gasteiger partial charge in [-0.2, -0.15) is 0 Å². The monoisotopic (exact) mass is 355 g/mol. The van der Waals surface area contributed by atoms with Gasteiger partial charge >= 0.3 is 5.97 Å². The highest BCUT2D eigenvalue weighted by molar-refractivity contribution is 7.13. The van der Waals surface area contributed by atoms with Crippen molar-refractivity contribution < 1.29 is 18.7 Å². The molecule has 0 amide bonds. The fourth-order valence-electron chi connectivity index (χ4n) is 2.14. The lowest BCUT2D eigenvalue weighted by Crippen LogP contribution is -2.01. The molecule has 0 fully saturated rings. The molecule has 0 bridgehead atoms. The zero-order valence-electron chi connectivity index (χ0n) is 13.7. The molecule has 0 saturated heterocycles. The molecular weight excluding hydrogens is 338 g/mol. The second-order valence-electron chi connectivity index (χ2n) is 5.03. The number of thiophene rings is 1. The largest absolute Gasteiger partial charge is 0.493 e. The number of esters is 1. The molecule has 2 aromatic heterocycles. The maximum atomic E-state index is 11.9. The molecule has 1 aromatic carbocycles. The van der Waals surface area contributed by atoms with Crippen LogP contribution in [0.15, 0.2) is 58.5 Å². The standard InChI is InChI=1S/C19H17NO4S/c1-2-22-16-7-4-3-6-14(16)9-10-18(21)23-12-15-13-24-19(20-15)17-8-5-11-25-17/h3-11,13H,2,12H2,1H3/b10-9+. The van der Waals surface area contributed by atoms with Crippen LogP contribution in [-0.2, 0) is 16.1 Å². The molecule has 5 nitrogen and oxygen atoms in total. The first-order chi connectivity index (χ1) is 12.3. The molecule has 0 aliphatic rings. The highest BCUT2D eigenvalue weighted by Gasteiger charge is 2.09. The first-order valence-corrected chi connectivity index (χ1v) is 8.69. The SMILES string of the molecule is CCOc1ccccc1/C=C/C(=O)OCc1coc(-c2cccs2)n1. The summed E-state index contributed by atoms with van der Waals surface area (Å²) in [6.07, 6.45) is 4.54. The summed E-state index contributed by atoms with van der Waals surface area (Å²) in [7, 11) is 0. The minimum Gasteiger partial charge on any atom is -0.493 e. The second-order valence-corrected chi connectivity index (χ2v) is 5.98. The van der Waals surface area contributed by atoms with E-state index in [1.165, 1.54) is 23.7 Å². The van der Waals surface area contributed by atoms with Crippen molar-refractivity contribution in [3.05, 3.63) is 65.4 Å². The van der Waals surface area contributed by atoms with E-state index in [1.807, 2.05) is 48.7 Å². The number of ether oxygens (including phenoxy) is 2. The maximum Gasteiger partial charge on any atom is 0.331 e. The van der Waals surface area contributed by atoms with Gasteiger partial charge in [0, 0.05) is 11.6 Å². The number of nitrogens with zero attached hydrogens (tertiary/aromatic N) is 1. The Balaban J connectivity index is 1.56. The minimum absolute atomic E-state index is 0.0607. The fraction of sp³-hybridized carbons (Fsp3) is 0.158. The maximum absolute atomic E-state index is 11.9. The molecule has 0 saturated carbocycles. The Morgan fingerprint density at radius 2 is 2.16 bits per heavy atom. The van der Waals surface area contributed by atoms with E-state index in [-0.39, 0.29) is 6.61 Å². The molecule has 0 spiro atoms. The zero-order chi connectivity index (χ0) is 17.5. The topological polar surface area (TPSA) is 61.6 Å². The number of carbonyl (C=O) groups is 1. The molecule has 0 aliphatic carbocycles. The van der Waals surface area contributed by atoms with Crippen LogP contribution in [0.4, 0.5) is 0 Å². The normalized spacial score (nSPS) is 10.9. The van der Waals surface area contributed by atoms with Crippen molar-refractivity contribution in [2.75, 3.05) is 6.61 Å². The zero-order valence-corrected chi connectivity index (χ0v) is 14.5. The lowest BCUT2D eigenvalue weighted by Gasteiger charge is -2.06. The fourth-order valence-corrected chi connectivity index (χ4v) is 2.80. The van der Waals surface area contributed by atoms with Gasteiger partial charge in [-0.25, -0.2) is 9.78 Å². The van der Waals surface area contributed by atoms with Crippen molar-refractivity contribution in [1.29, 1.82) is 0 Å². The summed E-state index contributed by atoms with van der Waals surface area (Å²) in [6, 6.07) is 11.3. The van der Waals surface area contributed by atoms with Gasteiger partial charge in [-0.15, -0.1) is 11.3 Å². The lowest BCUT2D eigenvalue weighted by atomic mass is 10.2. The third kappa shape index (κ3) is 4.58. The van der Waals surface area contributed by atoms with E-state index in [0.717, 1.165) is 16.2 Å². The Kier molecular flexibility index (Phi) is 5.64. The predicted octanol–water partition coefficient (Wildman–Crippen LogP) is 4.56. The summed E-state index contributed by atoms with van der Waals surface area (Å²) in [5, 5.41) is 1.95. The molecule has 0 aliphatic heterocycles. The van der Waals surface area contributed by atoms with Crippen molar-refractivity contribution >= 4 is 23.4 Å². The van der Waals surface area contributed by atoms with E-state index in [0.29, 0.717) is 18.2 Å². The van der Waals surface area contributed by atoms with E-state index in [9.17, 15) is 4.79 Å². The lowest BCUT2D eigenvalue weighted by molar-refractivity contribution is -0.139. The van der Waals surface area contributed by atoms with Crippen LogP contribution in [0.5, 0.6) is 5.75 Å². The highest BCUT2D eigenvalue weighted by atomic mass is 32.1. The second kappa shape index (κ2) is 8.30. The van der Waals surface area contributed by atoms with Crippen LogP contribution < -0.4 is 4.74 Å². The smallest absolute Gasteiger partial charge is 0.331 e. The number of hydrogen-bond donors (Lipinski definition) is 0. The Labute approximate surface area is 149 Å². The van der Waals surface area contributed by atoms with Gasteiger partial charge in [0.1, 0.15) is 24.3 Å². The molecular formula is C19H17NO4S. The summed E-state index contributed by atoms with van der Waals surface area (Å²) in [6.45, 7) is 2.54. The summed E-state index contributed by atoms with van der Waals surface area (Å²) in [4.78, 5) is 17.1. The van der Waals surface area contributed by atoms with Crippen molar-refractivity contribution in [1.82, 2.24) is 4.98 Å². The Morgan fingerprint density at radius 1 is 1.28 bits per heavy atom. The van der Waals surface area contributed by atoms with Gasteiger partial charge < -0.3 is 13.9 Å². The van der Waals surface area contributed by atoms with E-state index >= 15 is 0 Å². The van der Waals surface area contributed by atoms with Gasteiger partial charge in [0.25, 0.3) is 0 Å². The van der Waals surface area contributed by atoms with Gasteiger partial charge in [-0.3, -0.25) is 0 Å². The van der Waals surface area contributed by atoms with Gasteiger partial charge in [0.05, 0.1) is 11.5 Å². The number of benzene rings is 1. The summed E-state index contributed by atoms with van der Waals surface area (Å²) < 4.78 is 16.1. The number of hydrogen-bond acceptors (Lipinski definition) is 6. The average molecular weight is 355 g/mol. The molecule has 2 heterocycles. The summed E-state index contributed by atoms with van der Waals surface area (Å²) in [5.74, 6) is 0.806. The minimum atomic E-state index is -0.452. The Bertz CT molecular complexity index is 852. The number of rotatable bonds is 7. The molecule has 0 N–H and O–H groups in total. The average Bonchev–Trinajstić information content (AvgIpc) is 3.31. The number of oxazole rings is 1. The van der Waals surface area contributed by atoms with Gasteiger partial charge in [0.2, 0.25) is 5.89 Å². The van der Waals surface area contributed by atoms with Crippen molar-refractivity contribution in [2.45, 2.75) is 13.5 Å². The number of carbonyl (C=O) groups excluding carboxylic acids is 1.